The maximum absolute atomic E-state index is 13.4. The van der Waals surface area contributed by atoms with Crippen LogP contribution in [0.4, 0.5) is 0 Å². The minimum absolute atomic E-state index is 0.0760. The molecule has 5 heteroatoms. The molecule has 0 amide bonds. The molecule has 0 fully saturated rings. The van der Waals surface area contributed by atoms with Gasteiger partial charge >= 0.3 is 5.97 Å². The maximum atomic E-state index is 13.4. The van der Waals surface area contributed by atoms with Gasteiger partial charge in [0.1, 0.15) is 0 Å². The third kappa shape index (κ3) is 5.14. The zero-order valence-corrected chi connectivity index (χ0v) is 17.5. The molecule has 4 nitrogen and oxygen atoms in total. The summed E-state index contributed by atoms with van der Waals surface area (Å²) in [6.45, 7) is 1.92. The van der Waals surface area contributed by atoms with Crippen molar-refractivity contribution in [2.24, 2.45) is 0 Å². The Morgan fingerprint density at radius 1 is 0.966 bits per heavy atom. The van der Waals surface area contributed by atoms with E-state index in [2.05, 4.69) is 0 Å². The van der Waals surface area contributed by atoms with Gasteiger partial charge in [0.25, 0.3) is 0 Å². The summed E-state index contributed by atoms with van der Waals surface area (Å²) in [4.78, 5) is 23.0. The molecule has 3 unspecified atom stereocenters. The van der Waals surface area contributed by atoms with Crippen LogP contribution in [0.2, 0.25) is 0 Å². The van der Waals surface area contributed by atoms with Crippen LogP contribution in [0.1, 0.15) is 36.8 Å². The topological polar surface area (TPSA) is 74.6 Å². The van der Waals surface area contributed by atoms with Crippen LogP contribution in [-0.2, 0) is 15.8 Å². The molecular weight excluding hydrogens is 383 g/mol. The summed E-state index contributed by atoms with van der Waals surface area (Å²) >= 11 is 0. The van der Waals surface area contributed by atoms with Gasteiger partial charge in [-0.2, -0.15) is 0 Å². The molecule has 2 N–H and O–H groups in total. The van der Waals surface area contributed by atoms with E-state index >= 15 is 0 Å². The average Bonchev–Trinajstić information content (AvgIpc) is 2.72. The lowest BCUT2D eigenvalue weighted by Gasteiger charge is -2.28. The molecule has 3 aromatic rings. The summed E-state index contributed by atoms with van der Waals surface area (Å²) in [5.74, 6) is -2.03. The molecule has 0 aromatic heterocycles. The molecule has 0 saturated heterocycles. The van der Waals surface area contributed by atoms with E-state index in [0.717, 1.165) is 16.3 Å². The number of carboxylic acid groups (broad SMARTS) is 1. The van der Waals surface area contributed by atoms with Crippen LogP contribution in [0.15, 0.2) is 72.8 Å². The summed E-state index contributed by atoms with van der Waals surface area (Å²) in [6, 6.07) is 22.8. The molecule has 29 heavy (non-hydrogen) atoms. The van der Waals surface area contributed by atoms with Gasteiger partial charge in [-0.25, -0.2) is 0 Å². The van der Waals surface area contributed by atoms with Crippen molar-refractivity contribution in [3.05, 3.63) is 83.9 Å². The van der Waals surface area contributed by atoms with E-state index < -0.39 is 24.9 Å². The Morgan fingerprint density at radius 3 is 2.28 bits per heavy atom. The first-order chi connectivity index (χ1) is 13.9. The van der Waals surface area contributed by atoms with Gasteiger partial charge in [0.15, 0.2) is 0 Å². The lowest BCUT2D eigenvalue weighted by Crippen LogP contribution is -2.27. The summed E-state index contributed by atoms with van der Waals surface area (Å²) < 4.78 is 13.4. The van der Waals surface area contributed by atoms with Gasteiger partial charge in [-0.1, -0.05) is 86.1 Å². The van der Waals surface area contributed by atoms with Crippen molar-refractivity contribution in [3.8, 4) is 0 Å². The minimum Gasteiger partial charge on any atom is -0.481 e. The summed E-state index contributed by atoms with van der Waals surface area (Å²) in [5, 5.41) is 12.1. The minimum atomic E-state index is -3.70. The third-order valence-corrected chi connectivity index (χ3v) is 7.90. The Hall–Kier alpha value is -2.42. The standard InChI is InChI=1S/C24H27O4P/c1-2-8-22(23(24(25)26)20-10-4-3-5-11-20)29(27,28)16-15-18-13-14-19-9-6-7-12-21(19)17-18/h3-7,9-14,17,22-23H,2,8,15-16H2,1H3,(H,25,26)(H,27,28). The molecule has 3 rings (SSSR count). The Balaban J connectivity index is 1.84. The zero-order valence-electron chi connectivity index (χ0n) is 16.6. The quantitative estimate of drug-likeness (QED) is 0.445. The fraction of sp³-hybridized carbons (Fsp3) is 0.292. The SMILES string of the molecule is CCCC(C(C(=O)O)c1ccccc1)P(=O)(O)CCc1ccc2ccccc2c1. The number of hydrogen-bond acceptors (Lipinski definition) is 2. The Bertz CT molecular complexity index is 1020. The van der Waals surface area contributed by atoms with Gasteiger partial charge in [-0.05, 0) is 34.7 Å². The van der Waals surface area contributed by atoms with Crippen LogP contribution >= 0.6 is 7.37 Å². The first-order valence-electron chi connectivity index (χ1n) is 9.99. The molecule has 0 aliphatic carbocycles. The van der Waals surface area contributed by atoms with Crippen molar-refractivity contribution >= 4 is 24.1 Å². The molecule has 3 aromatic carbocycles. The number of rotatable bonds is 9. The molecule has 0 aliphatic rings. The van der Waals surface area contributed by atoms with E-state index in [0.29, 0.717) is 24.8 Å². The van der Waals surface area contributed by atoms with E-state index in [4.69, 9.17) is 0 Å². The highest BCUT2D eigenvalue weighted by atomic mass is 31.2. The normalized spacial score (nSPS) is 15.5. The van der Waals surface area contributed by atoms with E-state index in [1.807, 2.05) is 55.5 Å². The highest BCUT2D eigenvalue weighted by molar-refractivity contribution is 7.58. The fourth-order valence-electron chi connectivity index (χ4n) is 3.94. The molecule has 0 spiro atoms. The van der Waals surface area contributed by atoms with Gasteiger partial charge < -0.3 is 10.00 Å². The number of carboxylic acids is 1. The molecule has 3 atom stereocenters. The number of aliphatic carboxylic acids is 1. The Labute approximate surface area is 171 Å². The zero-order chi connectivity index (χ0) is 20.9. The monoisotopic (exact) mass is 410 g/mol. The number of hydrogen-bond donors (Lipinski definition) is 2. The molecular formula is C24H27O4P. The van der Waals surface area contributed by atoms with Crippen molar-refractivity contribution in [1.82, 2.24) is 0 Å². The van der Waals surface area contributed by atoms with Gasteiger partial charge in [-0.3, -0.25) is 9.36 Å². The van der Waals surface area contributed by atoms with Crippen LogP contribution in [0, 0.1) is 0 Å². The molecule has 0 bridgehead atoms. The maximum Gasteiger partial charge on any atom is 0.311 e. The first-order valence-corrected chi connectivity index (χ1v) is 11.9. The first kappa shape index (κ1) is 21.3. The van der Waals surface area contributed by atoms with Gasteiger partial charge in [0.05, 0.1) is 11.6 Å². The lowest BCUT2D eigenvalue weighted by molar-refractivity contribution is -0.139. The van der Waals surface area contributed by atoms with Crippen LogP contribution in [0.25, 0.3) is 10.8 Å². The summed E-state index contributed by atoms with van der Waals surface area (Å²) in [7, 11) is -3.70. The Morgan fingerprint density at radius 2 is 1.62 bits per heavy atom. The largest absolute Gasteiger partial charge is 0.481 e. The van der Waals surface area contributed by atoms with Crippen molar-refractivity contribution in [2.45, 2.75) is 37.8 Å². The van der Waals surface area contributed by atoms with E-state index in [9.17, 15) is 19.4 Å². The van der Waals surface area contributed by atoms with Crippen LogP contribution < -0.4 is 0 Å². The Kier molecular flexibility index (Phi) is 6.89. The van der Waals surface area contributed by atoms with Crippen molar-refractivity contribution in [3.63, 3.8) is 0 Å². The van der Waals surface area contributed by atoms with E-state index in [1.165, 1.54) is 0 Å². The van der Waals surface area contributed by atoms with Gasteiger partial charge in [0.2, 0.25) is 7.37 Å². The number of fused-ring (bicyclic) bond motifs is 1. The summed E-state index contributed by atoms with van der Waals surface area (Å²) in [6.07, 6.45) is 1.58. The van der Waals surface area contributed by atoms with E-state index in [1.54, 1.807) is 24.3 Å². The predicted molar refractivity (Wildman–Crippen MR) is 118 cm³/mol. The average molecular weight is 410 g/mol. The fourth-order valence-corrected chi connectivity index (χ4v) is 6.27. The molecule has 0 heterocycles. The number of benzene rings is 3. The van der Waals surface area contributed by atoms with Crippen molar-refractivity contribution < 1.29 is 19.4 Å². The molecule has 0 radical (unpaired) electrons. The second-order valence-corrected chi connectivity index (χ2v) is 10.1. The number of aryl methyl sites for hydroxylation is 1. The highest BCUT2D eigenvalue weighted by Gasteiger charge is 2.40. The smallest absolute Gasteiger partial charge is 0.311 e. The van der Waals surface area contributed by atoms with Crippen molar-refractivity contribution in [2.75, 3.05) is 6.16 Å². The van der Waals surface area contributed by atoms with Gasteiger partial charge in [0, 0.05) is 6.16 Å². The molecule has 0 saturated carbocycles. The van der Waals surface area contributed by atoms with Crippen molar-refractivity contribution in [1.29, 1.82) is 0 Å². The molecule has 0 aliphatic heterocycles. The third-order valence-electron chi connectivity index (χ3n) is 5.45. The molecule has 152 valence electrons. The summed E-state index contributed by atoms with van der Waals surface area (Å²) in [5.41, 5.74) is 0.770. The van der Waals surface area contributed by atoms with Crippen LogP contribution in [0.5, 0.6) is 0 Å². The van der Waals surface area contributed by atoms with Crippen LogP contribution in [-0.4, -0.2) is 27.8 Å². The second-order valence-electron chi connectivity index (χ2n) is 7.49. The van der Waals surface area contributed by atoms with E-state index in [-0.39, 0.29) is 6.16 Å². The van der Waals surface area contributed by atoms with Gasteiger partial charge in [-0.15, -0.1) is 0 Å². The second kappa shape index (κ2) is 9.39. The predicted octanol–water partition coefficient (Wildman–Crippen LogP) is 5.69. The highest BCUT2D eigenvalue weighted by Crippen LogP contribution is 2.54. The van der Waals surface area contributed by atoms with Crippen LogP contribution in [0.3, 0.4) is 0 Å². The lowest BCUT2D eigenvalue weighted by atomic mass is 9.93. The number of carbonyl (C=O) groups is 1.